The summed E-state index contributed by atoms with van der Waals surface area (Å²) < 4.78 is 0. The largest absolute Gasteiger partial charge is 0.315 e. The van der Waals surface area contributed by atoms with Gasteiger partial charge in [-0.3, -0.25) is 4.79 Å². The van der Waals surface area contributed by atoms with Crippen LogP contribution in [0.5, 0.6) is 0 Å². The van der Waals surface area contributed by atoms with Gasteiger partial charge >= 0.3 is 0 Å². The van der Waals surface area contributed by atoms with Crippen LogP contribution in [0.4, 0.5) is 0 Å². The Morgan fingerprint density at radius 2 is 2.07 bits per heavy atom. The number of hydrogen-bond acceptors (Lipinski definition) is 2. The summed E-state index contributed by atoms with van der Waals surface area (Å²) >= 11 is 0. The van der Waals surface area contributed by atoms with Crippen LogP contribution in [0.25, 0.3) is 0 Å². The highest BCUT2D eigenvalue weighted by Gasteiger charge is 2.00. The van der Waals surface area contributed by atoms with E-state index in [9.17, 15) is 4.79 Å². The number of Topliss-reactive ketones (excluding diaryl/α,β-unsaturated/α-hetero) is 1. The normalized spacial score (nSPS) is 9.71. The molecule has 0 saturated carbocycles. The van der Waals surface area contributed by atoms with Gasteiger partial charge in [-0.15, -0.1) is 11.8 Å². The van der Waals surface area contributed by atoms with Gasteiger partial charge in [0.15, 0.2) is 0 Å². The van der Waals surface area contributed by atoms with E-state index in [2.05, 4.69) is 31.0 Å². The zero-order valence-corrected chi connectivity index (χ0v) is 9.52. The number of carbonyl (C=O) groups is 1. The molecule has 0 aromatic heterocycles. The average Bonchev–Trinajstić information content (AvgIpc) is 2.13. The number of rotatable bonds is 7. The Morgan fingerprint density at radius 3 is 2.64 bits per heavy atom. The van der Waals surface area contributed by atoms with E-state index in [1.807, 2.05) is 0 Å². The molecule has 1 N–H and O–H groups in total. The van der Waals surface area contributed by atoms with Crippen molar-refractivity contribution in [1.82, 2.24) is 5.32 Å². The number of carbonyl (C=O) groups excluding carboxylic acids is 1. The smallest absolute Gasteiger partial charge is 0.133 e. The Morgan fingerprint density at radius 1 is 1.36 bits per heavy atom. The van der Waals surface area contributed by atoms with Crippen molar-refractivity contribution in [2.75, 3.05) is 6.54 Å². The van der Waals surface area contributed by atoms with Crippen molar-refractivity contribution in [3.05, 3.63) is 0 Å². The molecule has 14 heavy (non-hydrogen) atoms. The summed E-state index contributed by atoms with van der Waals surface area (Å²) in [6, 6.07) is 0.510. The second-order valence-electron chi connectivity index (χ2n) is 3.68. The third kappa shape index (κ3) is 9.28. The van der Waals surface area contributed by atoms with Gasteiger partial charge in [0.05, 0.1) is 0 Å². The fraction of sp³-hybridized carbons (Fsp3) is 0.750. The molecule has 0 fully saturated rings. The van der Waals surface area contributed by atoms with Gasteiger partial charge in [0.25, 0.3) is 0 Å². The Labute approximate surface area is 87.5 Å². The van der Waals surface area contributed by atoms with E-state index in [-0.39, 0.29) is 0 Å². The third-order valence-electron chi connectivity index (χ3n) is 1.89. The van der Waals surface area contributed by atoms with Crippen LogP contribution in [0.3, 0.4) is 0 Å². The van der Waals surface area contributed by atoms with Gasteiger partial charge < -0.3 is 5.32 Å². The van der Waals surface area contributed by atoms with E-state index in [4.69, 9.17) is 0 Å². The third-order valence-corrected chi connectivity index (χ3v) is 1.89. The van der Waals surface area contributed by atoms with Crippen molar-refractivity contribution >= 4 is 5.78 Å². The van der Waals surface area contributed by atoms with Crippen LogP contribution in [-0.4, -0.2) is 18.4 Å². The van der Waals surface area contributed by atoms with E-state index in [0.717, 1.165) is 13.0 Å². The molecule has 0 radical (unpaired) electrons. The first-order chi connectivity index (χ1) is 6.66. The number of hydrogen-bond donors (Lipinski definition) is 1. The summed E-state index contributed by atoms with van der Waals surface area (Å²) in [6.07, 6.45) is 2.96. The van der Waals surface area contributed by atoms with Crippen LogP contribution >= 0.6 is 0 Å². The van der Waals surface area contributed by atoms with Gasteiger partial charge in [0.1, 0.15) is 5.78 Å². The zero-order chi connectivity index (χ0) is 10.8. The fourth-order valence-electron chi connectivity index (χ4n) is 1.13. The van der Waals surface area contributed by atoms with Crippen molar-refractivity contribution in [2.24, 2.45) is 0 Å². The predicted octanol–water partition coefficient (Wildman–Crippen LogP) is 2.14. The molecule has 0 aromatic rings. The summed E-state index contributed by atoms with van der Waals surface area (Å²) in [6.45, 7) is 6.96. The summed E-state index contributed by atoms with van der Waals surface area (Å²) in [5, 5.41) is 3.29. The summed E-state index contributed by atoms with van der Waals surface area (Å²) in [5.41, 5.74) is 0. The predicted molar refractivity (Wildman–Crippen MR) is 60.1 cm³/mol. The molecule has 2 nitrogen and oxygen atoms in total. The minimum atomic E-state index is 0.332. The second kappa shape index (κ2) is 8.77. The van der Waals surface area contributed by atoms with Crippen LogP contribution in [0.2, 0.25) is 0 Å². The average molecular weight is 195 g/mol. The van der Waals surface area contributed by atoms with Gasteiger partial charge in [-0.05, 0) is 19.9 Å². The van der Waals surface area contributed by atoms with Crippen molar-refractivity contribution in [3.8, 4) is 11.8 Å². The molecule has 0 amide bonds. The van der Waals surface area contributed by atoms with Crippen LogP contribution in [-0.2, 0) is 4.79 Å². The maximum Gasteiger partial charge on any atom is 0.133 e. The van der Waals surface area contributed by atoms with Crippen LogP contribution in [0.1, 0.15) is 46.5 Å². The lowest BCUT2D eigenvalue weighted by Crippen LogP contribution is -2.24. The Hall–Kier alpha value is -0.810. The summed E-state index contributed by atoms with van der Waals surface area (Å²) in [7, 11) is 0. The SMILES string of the molecule is CC#CCCC(=O)CCCNC(C)C. The number of nitrogens with one attached hydrogen (secondary N) is 1. The van der Waals surface area contributed by atoms with Crippen molar-refractivity contribution < 1.29 is 4.79 Å². The molecule has 0 aliphatic heterocycles. The molecule has 0 unspecified atom stereocenters. The highest BCUT2D eigenvalue weighted by atomic mass is 16.1. The standard InChI is InChI=1S/C12H21NO/c1-4-5-6-8-12(14)9-7-10-13-11(2)3/h11,13H,6-10H2,1-3H3. The molecule has 0 atom stereocenters. The lowest BCUT2D eigenvalue weighted by atomic mass is 10.1. The van der Waals surface area contributed by atoms with Crippen molar-refractivity contribution in [2.45, 2.75) is 52.5 Å². The summed E-state index contributed by atoms with van der Waals surface area (Å²) in [4.78, 5) is 11.3. The van der Waals surface area contributed by atoms with Gasteiger partial charge in [0.2, 0.25) is 0 Å². The van der Waals surface area contributed by atoms with Crippen molar-refractivity contribution in [1.29, 1.82) is 0 Å². The molecule has 0 aromatic carbocycles. The lowest BCUT2D eigenvalue weighted by Gasteiger charge is -2.06. The highest BCUT2D eigenvalue weighted by molar-refractivity contribution is 5.78. The first-order valence-corrected chi connectivity index (χ1v) is 5.31. The molecule has 0 aliphatic carbocycles. The van der Waals surface area contributed by atoms with Crippen LogP contribution < -0.4 is 5.32 Å². The quantitative estimate of drug-likeness (QED) is 0.498. The van der Waals surface area contributed by atoms with Gasteiger partial charge in [-0.2, -0.15) is 0 Å². The molecule has 80 valence electrons. The van der Waals surface area contributed by atoms with Gasteiger partial charge in [-0.25, -0.2) is 0 Å². The molecule has 0 heterocycles. The lowest BCUT2D eigenvalue weighted by molar-refractivity contribution is -0.119. The maximum absolute atomic E-state index is 11.3. The van der Waals surface area contributed by atoms with E-state index < -0.39 is 0 Å². The van der Waals surface area contributed by atoms with Gasteiger partial charge in [-0.1, -0.05) is 13.8 Å². The van der Waals surface area contributed by atoms with E-state index in [1.54, 1.807) is 6.92 Å². The molecule has 0 saturated heterocycles. The topological polar surface area (TPSA) is 29.1 Å². The second-order valence-corrected chi connectivity index (χ2v) is 3.68. The number of ketones is 1. The first-order valence-electron chi connectivity index (χ1n) is 5.31. The van der Waals surface area contributed by atoms with E-state index in [1.165, 1.54) is 0 Å². The summed E-state index contributed by atoms with van der Waals surface area (Å²) in [5.74, 6) is 6.02. The van der Waals surface area contributed by atoms with E-state index >= 15 is 0 Å². The van der Waals surface area contributed by atoms with E-state index in [0.29, 0.717) is 31.1 Å². The minimum Gasteiger partial charge on any atom is -0.315 e. The van der Waals surface area contributed by atoms with Gasteiger partial charge in [0, 0.05) is 25.3 Å². The Balaban J connectivity index is 3.30. The molecule has 0 aliphatic rings. The van der Waals surface area contributed by atoms with Crippen LogP contribution in [0, 0.1) is 11.8 Å². The molecule has 0 rings (SSSR count). The molecular formula is C12H21NO. The minimum absolute atomic E-state index is 0.332. The molecule has 0 spiro atoms. The zero-order valence-electron chi connectivity index (χ0n) is 9.52. The highest BCUT2D eigenvalue weighted by Crippen LogP contribution is 1.97. The Kier molecular flexibility index (Phi) is 8.27. The monoisotopic (exact) mass is 195 g/mol. The Bertz CT molecular complexity index is 210. The maximum atomic E-state index is 11.3. The van der Waals surface area contributed by atoms with Crippen molar-refractivity contribution in [3.63, 3.8) is 0 Å². The molecular weight excluding hydrogens is 174 g/mol. The van der Waals surface area contributed by atoms with Crippen LogP contribution in [0.15, 0.2) is 0 Å². The first kappa shape index (κ1) is 13.2. The molecule has 0 bridgehead atoms. The fourth-order valence-corrected chi connectivity index (χ4v) is 1.13. The molecule has 2 heteroatoms.